The summed E-state index contributed by atoms with van der Waals surface area (Å²) in [6.07, 6.45) is 2.47. The number of ether oxygens (including phenoxy) is 1. The molecule has 2 rings (SSSR count). The highest BCUT2D eigenvalue weighted by Crippen LogP contribution is 2.27. The van der Waals surface area contributed by atoms with E-state index >= 15 is 0 Å². The first-order valence-corrected chi connectivity index (χ1v) is 7.43. The maximum atomic E-state index is 12.1. The van der Waals surface area contributed by atoms with Crippen LogP contribution < -0.4 is 15.0 Å². The SMILES string of the molecule is COc1ccc(Cl)cc1NC(=O)C[NH+]1CCC[C@@H](C)C1. The number of carbonyl (C=O) groups excluding carboxylic acids is 1. The molecule has 1 heterocycles. The summed E-state index contributed by atoms with van der Waals surface area (Å²) in [5, 5.41) is 3.48. The topological polar surface area (TPSA) is 42.8 Å². The van der Waals surface area contributed by atoms with Crippen LogP contribution >= 0.6 is 11.6 Å². The van der Waals surface area contributed by atoms with E-state index in [1.807, 2.05) is 0 Å². The van der Waals surface area contributed by atoms with E-state index in [9.17, 15) is 4.79 Å². The Bertz CT molecular complexity index is 479. The van der Waals surface area contributed by atoms with Crippen LogP contribution in [0.15, 0.2) is 18.2 Å². The first kappa shape index (κ1) is 15.1. The molecule has 0 saturated carbocycles. The van der Waals surface area contributed by atoms with Crippen molar-refractivity contribution in [3.05, 3.63) is 23.2 Å². The summed E-state index contributed by atoms with van der Waals surface area (Å²) in [5.74, 6) is 1.34. The Hall–Kier alpha value is -1.26. The van der Waals surface area contributed by atoms with Gasteiger partial charge in [0.15, 0.2) is 6.54 Å². The minimum atomic E-state index is 0.00895. The number of carbonyl (C=O) groups is 1. The van der Waals surface area contributed by atoms with Crippen molar-refractivity contribution < 1.29 is 14.4 Å². The number of quaternary nitrogens is 1. The van der Waals surface area contributed by atoms with E-state index < -0.39 is 0 Å². The Labute approximate surface area is 125 Å². The van der Waals surface area contributed by atoms with Crippen molar-refractivity contribution in [3.8, 4) is 5.75 Å². The molecule has 0 spiro atoms. The van der Waals surface area contributed by atoms with Gasteiger partial charge in [-0.25, -0.2) is 0 Å². The fourth-order valence-corrected chi connectivity index (χ4v) is 2.93. The summed E-state index contributed by atoms with van der Waals surface area (Å²) in [5.41, 5.74) is 0.634. The first-order valence-electron chi connectivity index (χ1n) is 7.05. The molecule has 0 aromatic heterocycles. The minimum absolute atomic E-state index is 0.00895. The number of hydrogen-bond donors (Lipinski definition) is 2. The average molecular weight is 298 g/mol. The van der Waals surface area contributed by atoms with Crippen molar-refractivity contribution in [1.29, 1.82) is 0 Å². The molecule has 2 N–H and O–H groups in total. The smallest absolute Gasteiger partial charge is 0.279 e. The molecule has 1 aliphatic heterocycles. The molecular weight excluding hydrogens is 276 g/mol. The first-order chi connectivity index (χ1) is 9.58. The van der Waals surface area contributed by atoms with E-state index in [1.54, 1.807) is 25.3 Å². The molecule has 0 radical (unpaired) electrons. The standard InChI is InChI=1S/C15H21ClN2O2/c1-11-4-3-7-18(9-11)10-15(19)17-13-8-12(16)5-6-14(13)20-2/h5-6,8,11H,3-4,7,9-10H2,1-2H3,(H,17,19)/p+1/t11-/m1/s1. The maximum absolute atomic E-state index is 12.1. The summed E-state index contributed by atoms with van der Waals surface area (Å²) in [6.45, 7) is 4.89. The summed E-state index contributed by atoms with van der Waals surface area (Å²) < 4.78 is 5.23. The number of nitrogens with one attached hydrogen (secondary N) is 2. The van der Waals surface area contributed by atoms with Crippen molar-refractivity contribution in [2.24, 2.45) is 5.92 Å². The highest BCUT2D eigenvalue weighted by Gasteiger charge is 2.22. The average Bonchev–Trinajstić information content (AvgIpc) is 2.38. The highest BCUT2D eigenvalue weighted by atomic mass is 35.5. The number of hydrogen-bond acceptors (Lipinski definition) is 2. The van der Waals surface area contributed by atoms with Gasteiger partial charge in [0, 0.05) is 10.9 Å². The van der Waals surface area contributed by atoms with Crippen LogP contribution in [-0.2, 0) is 4.79 Å². The molecule has 4 nitrogen and oxygen atoms in total. The normalized spacial score (nSPS) is 22.4. The zero-order chi connectivity index (χ0) is 14.5. The van der Waals surface area contributed by atoms with Gasteiger partial charge < -0.3 is 15.0 Å². The van der Waals surface area contributed by atoms with Gasteiger partial charge in [-0.3, -0.25) is 4.79 Å². The molecular formula is C15H22ClN2O2+. The fraction of sp³-hybridized carbons (Fsp3) is 0.533. The van der Waals surface area contributed by atoms with E-state index in [1.165, 1.54) is 17.7 Å². The number of piperidine rings is 1. The van der Waals surface area contributed by atoms with Gasteiger partial charge in [0.2, 0.25) is 0 Å². The summed E-state index contributed by atoms with van der Waals surface area (Å²) in [6, 6.07) is 5.22. The number of rotatable bonds is 4. The molecule has 20 heavy (non-hydrogen) atoms. The van der Waals surface area contributed by atoms with Crippen LogP contribution in [0.5, 0.6) is 5.75 Å². The van der Waals surface area contributed by atoms with Crippen LogP contribution in [0.3, 0.4) is 0 Å². The lowest BCUT2D eigenvalue weighted by molar-refractivity contribution is -0.900. The lowest BCUT2D eigenvalue weighted by atomic mass is 10.0. The third kappa shape index (κ3) is 4.12. The molecule has 1 aromatic rings. The zero-order valence-electron chi connectivity index (χ0n) is 12.0. The van der Waals surface area contributed by atoms with Gasteiger partial charge >= 0.3 is 0 Å². The second kappa shape index (κ2) is 6.95. The third-order valence-corrected chi connectivity index (χ3v) is 3.95. The predicted molar refractivity (Wildman–Crippen MR) is 80.6 cm³/mol. The molecule has 1 unspecified atom stereocenters. The Balaban J connectivity index is 1.95. The third-order valence-electron chi connectivity index (χ3n) is 3.71. The van der Waals surface area contributed by atoms with Crippen LogP contribution in [0.4, 0.5) is 5.69 Å². The Morgan fingerprint density at radius 3 is 3.05 bits per heavy atom. The van der Waals surface area contributed by atoms with E-state index in [0.717, 1.165) is 13.1 Å². The summed E-state index contributed by atoms with van der Waals surface area (Å²) in [4.78, 5) is 13.5. The number of benzene rings is 1. The van der Waals surface area contributed by atoms with Gasteiger partial charge in [0.05, 0.1) is 25.9 Å². The van der Waals surface area contributed by atoms with Gasteiger partial charge in [0.1, 0.15) is 5.75 Å². The molecule has 2 atom stereocenters. The number of methoxy groups -OCH3 is 1. The number of halogens is 1. The Morgan fingerprint density at radius 2 is 2.35 bits per heavy atom. The predicted octanol–water partition coefficient (Wildman–Crippen LogP) is 1.60. The van der Waals surface area contributed by atoms with Crippen LogP contribution in [0.2, 0.25) is 5.02 Å². The number of amides is 1. The van der Waals surface area contributed by atoms with Crippen LogP contribution in [0, 0.1) is 5.92 Å². The second-order valence-corrected chi connectivity index (χ2v) is 5.96. The highest BCUT2D eigenvalue weighted by molar-refractivity contribution is 6.31. The van der Waals surface area contributed by atoms with Gasteiger partial charge in [-0.05, 0) is 31.0 Å². The fourth-order valence-electron chi connectivity index (χ4n) is 2.76. The lowest BCUT2D eigenvalue weighted by Gasteiger charge is -2.27. The van der Waals surface area contributed by atoms with Crippen LogP contribution in [0.25, 0.3) is 0 Å². The summed E-state index contributed by atoms with van der Waals surface area (Å²) >= 11 is 5.96. The molecule has 0 aliphatic carbocycles. The van der Waals surface area contributed by atoms with E-state index in [2.05, 4.69) is 12.2 Å². The van der Waals surface area contributed by atoms with Gasteiger partial charge in [0.25, 0.3) is 5.91 Å². The quantitative estimate of drug-likeness (QED) is 0.886. The monoisotopic (exact) mass is 297 g/mol. The molecule has 1 fully saturated rings. The molecule has 1 aromatic carbocycles. The van der Waals surface area contributed by atoms with E-state index in [4.69, 9.17) is 16.3 Å². The van der Waals surface area contributed by atoms with Crippen molar-refractivity contribution in [1.82, 2.24) is 0 Å². The number of likely N-dealkylation sites (tertiary alicyclic amines) is 1. The lowest BCUT2D eigenvalue weighted by Crippen LogP contribution is -3.14. The minimum Gasteiger partial charge on any atom is -0.495 e. The largest absolute Gasteiger partial charge is 0.495 e. The molecule has 5 heteroatoms. The van der Waals surface area contributed by atoms with Crippen molar-refractivity contribution in [2.75, 3.05) is 32.1 Å². The van der Waals surface area contributed by atoms with Crippen molar-refractivity contribution in [3.63, 3.8) is 0 Å². The van der Waals surface area contributed by atoms with E-state index in [0.29, 0.717) is 28.9 Å². The number of anilines is 1. The van der Waals surface area contributed by atoms with E-state index in [-0.39, 0.29) is 5.91 Å². The molecule has 1 aliphatic rings. The van der Waals surface area contributed by atoms with Crippen molar-refractivity contribution >= 4 is 23.2 Å². The van der Waals surface area contributed by atoms with Gasteiger partial charge in [-0.2, -0.15) is 0 Å². The van der Waals surface area contributed by atoms with Crippen molar-refractivity contribution in [2.45, 2.75) is 19.8 Å². The van der Waals surface area contributed by atoms with Gasteiger partial charge in [-0.15, -0.1) is 0 Å². The molecule has 1 amide bonds. The Kier molecular flexibility index (Phi) is 5.26. The molecule has 0 bridgehead atoms. The molecule has 110 valence electrons. The molecule has 1 saturated heterocycles. The maximum Gasteiger partial charge on any atom is 0.279 e. The van der Waals surface area contributed by atoms with Crippen LogP contribution in [0.1, 0.15) is 19.8 Å². The Morgan fingerprint density at radius 1 is 1.55 bits per heavy atom. The zero-order valence-corrected chi connectivity index (χ0v) is 12.8. The second-order valence-electron chi connectivity index (χ2n) is 5.52. The summed E-state index contributed by atoms with van der Waals surface area (Å²) in [7, 11) is 1.58. The van der Waals surface area contributed by atoms with Gasteiger partial charge in [-0.1, -0.05) is 18.5 Å². The van der Waals surface area contributed by atoms with Crippen LogP contribution in [-0.4, -0.2) is 32.7 Å².